The first kappa shape index (κ1) is 26.1. The first-order chi connectivity index (χ1) is 14.2. The predicted molar refractivity (Wildman–Crippen MR) is 95.1 cm³/mol. The Balaban J connectivity index is 0.000000288. The molecule has 172 valence electrons. The van der Waals surface area contributed by atoms with Crippen molar-refractivity contribution in [2.24, 2.45) is 0 Å². The Kier molecular flexibility index (Phi) is 8.75. The molecule has 31 heavy (non-hydrogen) atoms. The van der Waals surface area contributed by atoms with Crippen LogP contribution in [0, 0.1) is 0 Å². The fourth-order valence-corrected chi connectivity index (χ4v) is 2.64. The highest BCUT2D eigenvalue weighted by Crippen LogP contribution is 2.34. The standard InChI is InChI=1S/C14H16N2O.2C2HF3O2/c17-14(5-8-15-9-6-14)13-3-1-2-11-10-16-7-4-12(11)13;2*3-2(4,5)1(6)7/h1-4,7,10,15,17H,5-6,8-9H2;2*(H,6,7). The predicted octanol–water partition coefficient (Wildman–Crippen LogP) is 3.07. The molecule has 0 saturated carbocycles. The summed E-state index contributed by atoms with van der Waals surface area (Å²) >= 11 is 0. The molecule has 1 aromatic heterocycles. The second-order valence-electron chi connectivity index (χ2n) is 6.29. The lowest BCUT2D eigenvalue weighted by Gasteiger charge is -2.33. The van der Waals surface area contributed by atoms with Gasteiger partial charge in [-0.15, -0.1) is 0 Å². The molecule has 1 fully saturated rings. The number of fused-ring (bicyclic) bond motifs is 1. The Labute approximate surface area is 171 Å². The zero-order chi connectivity index (χ0) is 23.9. The fourth-order valence-electron chi connectivity index (χ4n) is 2.64. The molecule has 0 atom stereocenters. The van der Waals surface area contributed by atoms with Crippen LogP contribution in [0.25, 0.3) is 10.8 Å². The second-order valence-corrected chi connectivity index (χ2v) is 6.29. The molecule has 3 rings (SSSR count). The summed E-state index contributed by atoms with van der Waals surface area (Å²) in [7, 11) is 0. The van der Waals surface area contributed by atoms with Crippen LogP contribution in [0.15, 0.2) is 36.7 Å². The van der Waals surface area contributed by atoms with Gasteiger partial charge >= 0.3 is 24.3 Å². The van der Waals surface area contributed by atoms with Crippen LogP contribution in [0.4, 0.5) is 26.3 Å². The SMILES string of the molecule is O=C(O)C(F)(F)F.O=C(O)C(F)(F)F.OC1(c2cccc3cnccc23)CCNCC1. The molecule has 7 nitrogen and oxygen atoms in total. The number of carboxylic acids is 2. The number of piperidine rings is 1. The first-order valence-electron chi connectivity index (χ1n) is 8.55. The lowest BCUT2D eigenvalue weighted by Crippen LogP contribution is -2.39. The molecule has 2 heterocycles. The third kappa shape index (κ3) is 8.02. The number of aliphatic hydroxyl groups is 1. The lowest BCUT2D eigenvalue weighted by atomic mass is 9.83. The van der Waals surface area contributed by atoms with Crippen molar-refractivity contribution >= 4 is 22.7 Å². The van der Waals surface area contributed by atoms with Crippen LogP contribution in [-0.2, 0) is 15.2 Å². The number of aromatic nitrogens is 1. The van der Waals surface area contributed by atoms with E-state index in [1.807, 2.05) is 30.5 Å². The smallest absolute Gasteiger partial charge is 0.475 e. The molecular weight excluding hydrogens is 438 g/mol. The minimum Gasteiger partial charge on any atom is -0.475 e. The average Bonchev–Trinajstić information content (AvgIpc) is 2.67. The summed E-state index contributed by atoms with van der Waals surface area (Å²) in [5.74, 6) is -5.51. The summed E-state index contributed by atoms with van der Waals surface area (Å²) in [6, 6.07) is 8.06. The van der Waals surface area contributed by atoms with Crippen molar-refractivity contribution < 1.29 is 51.3 Å². The largest absolute Gasteiger partial charge is 0.490 e. The Morgan fingerprint density at radius 2 is 1.42 bits per heavy atom. The third-order valence-corrected chi connectivity index (χ3v) is 4.10. The quantitative estimate of drug-likeness (QED) is 0.487. The van der Waals surface area contributed by atoms with E-state index in [0.717, 1.165) is 42.3 Å². The molecule has 0 bridgehead atoms. The summed E-state index contributed by atoms with van der Waals surface area (Å²) in [5, 5.41) is 30.5. The minimum absolute atomic E-state index is 0.688. The van der Waals surface area contributed by atoms with Gasteiger partial charge < -0.3 is 20.6 Å². The highest BCUT2D eigenvalue weighted by atomic mass is 19.4. The zero-order valence-electron chi connectivity index (χ0n) is 15.7. The maximum absolute atomic E-state index is 10.8. The van der Waals surface area contributed by atoms with Gasteiger partial charge in [0.05, 0.1) is 5.60 Å². The molecule has 0 spiro atoms. The van der Waals surface area contributed by atoms with E-state index in [2.05, 4.69) is 10.3 Å². The molecule has 13 heteroatoms. The van der Waals surface area contributed by atoms with Crippen molar-refractivity contribution in [1.82, 2.24) is 10.3 Å². The van der Waals surface area contributed by atoms with E-state index < -0.39 is 29.9 Å². The highest BCUT2D eigenvalue weighted by molar-refractivity contribution is 5.85. The lowest BCUT2D eigenvalue weighted by molar-refractivity contribution is -0.193. The van der Waals surface area contributed by atoms with Crippen molar-refractivity contribution in [3.05, 3.63) is 42.2 Å². The fraction of sp³-hybridized carbons (Fsp3) is 0.389. The van der Waals surface area contributed by atoms with Gasteiger partial charge in [-0.3, -0.25) is 4.98 Å². The minimum atomic E-state index is -5.08. The molecule has 1 saturated heterocycles. The van der Waals surface area contributed by atoms with Crippen molar-refractivity contribution in [1.29, 1.82) is 0 Å². The summed E-state index contributed by atoms with van der Waals surface area (Å²) in [4.78, 5) is 21.9. The number of rotatable bonds is 1. The number of halogens is 6. The zero-order valence-corrected chi connectivity index (χ0v) is 15.7. The number of carboxylic acid groups (broad SMARTS) is 2. The van der Waals surface area contributed by atoms with Crippen molar-refractivity contribution in [3.63, 3.8) is 0 Å². The van der Waals surface area contributed by atoms with Crippen LogP contribution in [0.1, 0.15) is 18.4 Å². The third-order valence-electron chi connectivity index (χ3n) is 4.10. The van der Waals surface area contributed by atoms with E-state index in [1.54, 1.807) is 6.20 Å². The Morgan fingerprint density at radius 1 is 0.935 bits per heavy atom. The molecule has 4 N–H and O–H groups in total. The van der Waals surface area contributed by atoms with Crippen molar-refractivity contribution in [2.75, 3.05) is 13.1 Å². The number of hydrogen-bond acceptors (Lipinski definition) is 5. The van der Waals surface area contributed by atoms with E-state index in [1.165, 1.54) is 0 Å². The maximum Gasteiger partial charge on any atom is 0.490 e. The van der Waals surface area contributed by atoms with E-state index in [0.29, 0.717) is 0 Å². The molecule has 0 amide bonds. The number of benzene rings is 1. The summed E-state index contributed by atoms with van der Waals surface area (Å²) in [6.07, 6.45) is -4.98. The maximum atomic E-state index is 10.8. The number of carbonyl (C=O) groups is 2. The van der Waals surface area contributed by atoms with E-state index in [4.69, 9.17) is 19.8 Å². The first-order valence-corrected chi connectivity index (χ1v) is 8.55. The summed E-state index contributed by atoms with van der Waals surface area (Å²) < 4.78 is 63.5. The van der Waals surface area contributed by atoms with Crippen LogP contribution in [0.5, 0.6) is 0 Å². The van der Waals surface area contributed by atoms with Crippen LogP contribution in [-0.4, -0.2) is 57.7 Å². The van der Waals surface area contributed by atoms with Gasteiger partial charge in [0.15, 0.2) is 0 Å². The number of nitrogens with zero attached hydrogens (tertiary/aromatic N) is 1. The van der Waals surface area contributed by atoms with Gasteiger partial charge in [-0.25, -0.2) is 9.59 Å². The van der Waals surface area contributed by atoms with Crippen molar-refractivity contribution in [2.45, 2.75) is 30.8 Å². The Morgan fingerprint density at radius 3 is 1.87 bits per heavy atom. The molecule has 1 aromatic carbocycles. The van der Waals surface area contributed by atoms with E-state index >= 15 is 0 Å². The van der Waals surface area contributed by atoms with Crippen LogP contribution in [0.3, 0.4) is 0 Å². The van der Waals surface area contributed by atoms with Crippen LogP contribution < -0.4 is 5.32 Å². The number of nitrogens with one attached hydrogen (secondary N) is 1. The Bertz CT molecular complexity index is 866. The number of alkyl halides is 6. The molecular formula is C18H18F6N2O5. The molecule has 1 aliphatic rings. The number of aliphatic carboxylic acids is 2. The highest BCUT2D eigenvalue weighted by Gasteiger charge is 2.39. The Hall–Kier alpha value is -2.93. The normalized spacial score (nSPS) is 15.7. The molecule has 0 radical (unpaired) electrons. The number of pyridine rings is 1. The van der Waals surface area contributed by atoms with Crippen molar-refractivity contribution in [3.8, 4) is 0 Å². The van der Waals surface area contributed by atoms with E-state index in [-0.39, 0.29) is 0 Å². The van der Waals surface area contributed by atoms with Gasteiger partial charge in [0.1, 0.15) is 0 Å². The summed E-state index contributed by atoms with van der Waals surface area (Å²) in [5.41, 5.74) is 0.352. The molecule has 0 unspecified atom stereocenters. The van der Waals surface area contributed by atoms with Crippen LogP contribution >= 0.6 is 0 Å². The monoisotopic (exact) mass is 456 g/mol. The van der Waals surface area contributed by atoms with Gasteiger partial charge in [-0.05, 0) is 42.9 Å². The topological polar surface area (TPSA) is 120 Å². The molecule has 2 aromatic rings. The van der Waals surface area contributed by atoms with E-state index in [9.17, 15) is 31.4 Å². The van der Waals surface area contributed by atoms with Gasteiger partial charge in [-0.1, -0.05) is 18.2 Å². The number of hydrogen-bond donors (Lipinski definition) is 4. The summed E-state index contributed by atoms with van der Waals surface area (Å²) in [6.45, 7) is 1.75. The molecule has 1 aliphatic heterocycles. The van der Waals surface area contributed by atoms with Gasteiger partial charge in [0, 0.05) is 17.8 Å². The average molecular weight is 456 g/mol. The van der Waals surface area contributed by atoms with Crippen LogP contribution in [0.2, 0.25) is 0 Å². The second kappa shape index (κ2) is 10.4. The van der Waals surface area contributed by atoms with Gasteiger partial charge in [0.25, 0.3) is 0 Å². The van der Waals surface area contributed by atoms with Gasteiger partial charge in [-0.2, -0.15) is 26.3 Å². The molecule has 0 aliphatic carbocycles. The van der Waals surface area contributed by atoms with Gasteiger partial charge in [0.2, 0.25) is 0 Å².